The maximum atomic E-state index is 11.9. The summed E-state index contributed by atoms with van der Waals surface area (Å²) in [6.45, 7) is 0. The number of amides is 1. The van der Waals surface area contributed by atoms with Gasteiger partial charge in [0.2, 0.25) is 5.95 Å². The number of phenols is 1. The van der Waals surface area contributed by atoms with Crippen LogP contribution in [0.4, 0.5) is 17.5 Å². The van der Waals surface area contributed by atoms with Crippen molar-refractivity contribution in [2.24, 2.45) is 11.5 Å². The molecule has 0 aliphatic heterocycles. The molecule has 1 saturated carbocycles. The van der Waals surface area contributed by atoms with Gasteiger partial charge < -0.3 is 27.2 Å². The van der Waals surface area contributed by atoms with Crippen molar-refractivity contribution in [3.63, 3.8) is 0 Å². The second-order valence-corrected chi connectivity index (χ2v) is 7.77. The smallest absolute Gasteiger partial charge is 0.254 e. The van der Waals surface area contributed by atoms with E-state index in [0.717, 1.165) is 42.5 Å². The highest BCUT2D eigenvalue weighted by Gasteiger charge is 2.23. The van der Waals surface area contributed by atoms with E-state index >= 15 is 0 Å². The Bertz CT molecular complexity index is 1070. The molecular formula is C23H26N6O2. The fraction of sp³-hybridized carbons (Fsp3) is 0.261. The molecule has 31 heavy (non-hydrogen) atoms. The van der Waals surface area contributed by atoms with E-state index in [4.69, 9.17) is 11.5 Å². The van der Waals surface area contributed by atoms with E-state index in [9.17, 15) is 9.90 Å². The molecule has 0 saturated heterocycles. The second kappa shape index (κ2) is 9.01. The van der Waals surface area contributed by atoms with Gasteiger partial charge in [-0.3, -0.25) is 4.79 Å². The predicted octanol–water partition coefficient (Wildman–Crippen LogP) is 3.37. The third-order valence-electron chi connectivity index (χ3n) is 5.51. The third kappa shape index (κ3) is 4.92. The van der Waals surface area contributed by atoms with E-state index < -0.39 is 5.91 Å². The largest absolute Gasteiger partial charge is 0.508 e. The lowest BCUT2D eigenvalue weighted by molar-refractivity contribution is 0.100. The molecule has 1 aromatic heterocycles. The summed E-state index contributed by atoms with van der Waals surface area (Å²) in [6.07, 6.45) is 5.59. The van der Waals surface area contributed by atoms with Crippen molar-refractivity contribution in [2.75, 3.05) is 10.6 Å². The predicted molar refractivity (Wildman–Crippen MR) is 121 cm³/mol. The number of phenolic OH excluding ortho intramolecular Hbond substituents is 1. The molecule has 0 spiro atoms. The number of nitrogens with zero attached hydrogens (tertiary/aromatic N) is 2. The van der Waals surface area contributed by atoms with Crippen LogP contribution in [-0.4, -0.2) is 33.1 Å². The number of aromatic hydroxyl groups is 1. The zero-order valence-electron chi connectivity index (χ0n) is 17.1. The molecule has 2 aromatic carbocycles. The van der Waals surface area contributed by atoms with Gasteiger partial charge in [-0.2, -0.15) is 4.98 Å². The zero-order valence-corrected chi connectivity index (χ0v) is 17.1. The molecule has 7 N–H and O–H groups in total. The van der Waals surface area contributed by atoms with E-state index in [0.29, 0.717) is 11.8 Å². The number of aromatic nitrogens is 2. The number of nitrogens with one attached hydrogen (secondary N) is 2. The van der Waals surface area contributed by atoms with Crippen LogP contribution >= 0.6 is 0 Å². The summed E-state index contributed by atoms with van der Waals surface area (Å²) in [6, 6.07) is 14.8. The van der Waals surface area contributed by atoms with Gasteiger partial charge in [0.05, 0.1) is 0 Å². The molecule has 0 radical (unpaired) electrons. The van der Waals surface area contributed by atoms with Gasteiger partial charge in [0, 0.05) is 24.0 Å². The number of anilines is 3. The van der Waals surface area contributed by atoms with Gasteiger partial charge in [0.25, 0.3) is 5.91 Å². The quantitative estimate of drug-likeness (QED) is 0.413. The molecule has 8 heteroatoms. The molecule has 0 bridgehead atoms. The fourth-order valence-electron chi connectivity index (χ4n) is 3.80. The molecule has 1 aliphatic carbocycles. The highest BCUT2D eigenvalue weighted by Crippen LogP contribution is 2.27. The van der Waals surface area contributed by atoms with Gasteiger partial charge in [-0.15, -0.1) is 0 Å². The Labute approximate surface area is 180 Å². The van der Waals surface area contributed by atoms with E-state index in [-0.39, 0.29) is 23.4 Å². The minimum absolute atomic E-state index is 0.0477. The van der Waals surface area contributed by atoms with Crippen molar-refractivity contribution in [2.45, 2.75) is 37.8 Å². The van der Waals surface area contributed by atoms with Crippen LogP contribution in [0.25, 0.3) is 11.1 Å². The van der Waals surface area contributed by atoms with E-state index in [1.807, 2.05) is 36.4 Å². The van der Waals surface area contributed by atoms with Crippen LogP contribution in [0.1, 0.15) is 36.0 Å². The molecule has 3 aromatic rings. The van der Waals surface area contributed by atoms with Crippen molar-refractivity contribution >= 4 is 23.4 Å². The molecule has 1 amide bonds. The van der Waals surface area contributed by atoms with Gasteiger partial charge in [0.1, 0.15) is 17.1 Å². The van der Waals surface area contributed by atoms with E-state index in [2.05, 4.69) is 20.6 Å². The molecule has 0 unspecified atom stereocenters. The Morgan fingerprint density at radius 1 is 1.06 bits per heavy atom. The normalized spacial score (nSPS) is 18.4. The van der Waals surface area contributed by atoms with Gasteiger partial charge in [0.15, 0.2) is 0 Å². The van der Waals surface area contributed by atoms with Gasteiger partial charge >= 0.3 is 0 Å². The number of hydrogen-bond donors (Lipinski definition) is 5. The number of rotatable bonds is 6. The van der Waals surface area contributed by atoms with Crippen molar-refractivity contribution in [3.05, 3.63) is 60.3 Å². The first-order valence-corrected chi connectivity index (χ1v) is 10.3. The molecular weight excluding hydrogens is 392 g/mol. The number of carbonyl (C=O) groups excluding carboxylic acids is 1. The first-order chi connectivity index (χ1) is 15.0. The summed E-state index contributed by atoms with van der Waals surface area (Å²) in [4.78, 5) is 20.7. The molecule has 1 fully saturated rings. The fourth-order valence-corrected chi connectivity index (χ4v) is 3.80. The van der Waals surface area contributed by atoms with Crippen molar-refractivity contribution in [3.8, 4) is 16.9 Å². The zero-order chi connectivity index (χ0) is 21.8. The summed E-state index contributed by atoms with van der Waals surface area (Å²) in [5.41, 5.74) is 14.6. The lowest BCUT2D eigenvalue weighted by atomic mass is 9.91. The van der Waals surface area contributed by atoms with Crippen molar-refractivity contribution < 1.29 is 9.90 Å². The summed E-state index contributed by atoms with van der Waals surface area (Å²) in [5, 5.41) is 16.0. The lowest BCUT2D eigenvalue weighted by Gasteiger charge is -2.29. The maximum absolute atomic E-state index is 11.9. The molecule has 1 aliphatic rings. The highest BCUT2D eigenvalue weighted by molar-refractivity contribution is 5.98. The minimum atomic E-state index is -0.613. The molecule has 2 atom stereocenters. The minimum Gasteiger partial charge on any atom is -0.508 e. The van der Waals surface area contributed by atoms with Crippen LogP contribution in [-0.2, 0) is 0 Å². The number of primary amides is 1. The summed E-state index contributed by atoms with van der Waals surface area (Å²) in [5.74, 6) is 0.336. The van der Waals surface area contributed by atoms with Crippen LogP contribution < -0.4 is 22.1 Å². The van der Waals surface area contributed by atoms with Crippen molar-refractivity contribution in [1.82, 2.24) is 9.97 Å². The van der Waals surface area contributed by atoms with E-state index in [1.165, 1.54) is 6.20 Å². The molecule has 1 heterocycles. The number of hydrogen-bond acceptors (Lipinski definition) is 7. The standard InChI is InChI=1S/C23H26N6O2/c24-19-6-1-2-7-20(19)28-23-26-13-18(21(25)31)22(29-23)27-16-5-3-4-15(12-16)14-8-10-17(30)11-9-14/h3-5,8-13,19-20,30H,1-2,6-7,24H2,(H2,25,31)(H2,26,27,28,29)/t19-,20+/m1/s1. The Morgan fingerprint density at radius 3 is 2.58 bits per heavy atom. The molecule has 4 rings (SSSR count). The number of benzene rings is 2. The van der Waals surface area contributed by atoms with E-state index in [1.54, 1.807) is 12.1 Å². The topological polar surface area (TPSA) is 139 Å². The highest BCUT2D eigenvalue weighted by atomic mass is 16.3. The van der Waals surface area contributed by atoms with Crippen LogP contribution in [0.2, 0.25) is 0 Å². The van der Waals surface area contributed by atoms with Crippen LogP contribution in [0.15, 0.2) is 54.7 Å². The van der Waals surface area contributed by atoms with Crippen LogP contribution in [0, 0.1) is 0 Å². The number of nitrogens with two attached hydrogens (primary N) is 2. The molecule has 8 nitrogen and oxygen atoms in total. The summed E-state index contributed by atoms with van der Waals surface area (Å²) < 4.78 is 0. The summed E-state index contributed by atoms with van der Waals surface area (Å²) >= 11 is 0. The Morgan fingerprint density at radius 2 is 1.84 bits per heavy atom. The van der Waals surface area contributed by atoms with Crippen LogP contribution in [0.3, 0.4) is 0 Å². The Hall–Kier alpha value is -3.65. The molecule has 160 valence electrons. The van der Waals surface area contributed by atoms with Gasteiger partial charge in [-0.25, -0.2) is 4.98 Å². The van der Waals surface area contributed by atoms with Gasteiger partial charge in [-0.05, 0) is 48.2 Å². The van der Waals surface area contributed by atoms with Gasteiger partial charge in [-0.1, -0.05) is 37.1 Å². The average Bonchev–Trinajstić information content (AvgIpc) is 2.76. The third-order valence-corrected chi connectivity index (χ3v) is 5.51. The second-order valence-electron chi connectivity index (χ2n) is 7.77. The first kappa shape index (κ1) is 20.6. The first-order valence-electron chi connectivity index (χ1n) is 10.3. The van der Waals surface area contributed by atoms with Crippen LogP contribution in [0.5, 0.6) is 5.75 Å². The maximum Gasteiger partial charge on any atom is 0.254 e. The average molecular weight is 419 g/mol. The SMILES string of the molecule is NC(=O)c1cnc(N[C@H]2CCCC[C@H]2N)nc1Nc1cccc(-c2ccc(O)cc2)c1. The Balaban J connectivity index is 1.60. The van der Waals surface area contributed by atoms with Crippen molar-refractivity contribution in [1.29, 1.82) is 0 Å². The lowest BCUT2D eigenvalue weighted by Crippen LogP contribution is -2.43. The monoisotopic (exact) mass is 418 g/mol. The summed E-state index contributed by atoms with van der Waals surface area (Å²) in [7, 11) is 0. The Kier molecular flexibility index (Phi) is 5.99. The number of carbonyl (C=O) groups is 1.